The third kappa shape index (κ3) is 3.02. The Balaban J connectivity index is 1.88. The van der Waals surface area contributed by atoms with E-state index < -0.39 is 11.7 Å². The molecule has 3 rings (SSSR count). The van der Waals surface area contributed by atoms with Crippen LogP contribution in [0.4, 0.5) is 18.9 Å². The van der Waals surface area contributed by atoms with E-state index in [0.29, 0.717) is 5.69 Å². The number of alkyl halides is 3. The van der Waals surface area contributed by atoms with Crippen LogP contribution in [0.25, 0.3) is 0 Å². The van der Waals surface area contributed by atoms with Gasteiger partial charge < -0.3 is 9.73 Å². The van der Waals surface area contributed by atoms with Gasteiger partial charge in [-0.05, 0) is 37.1 Å². The lowest BCUT2D eigenvalue weighted by Gasteiger charge is -2.24. The highest BCUT2D eigenvalue weighted by molar-refractivity contribution is 6.30. The van der Waals surface area contributed by atoms with Gasteiger partial charge in [0, 0.05) is 22.7 Å². The summed E-state index contributed by atoms with van der Waals surface area (Å²) in [6.45, 7) is 0. The van der Waals surface area contributed by atoms with Crippen LogP contribution in [0.1, 0.15) is 35.8 Å². The lowest BCUT2D eigenvalue weighted by atomic mass is 9.93. The first-order valence-electron chi connectivity index (χ1n) is 6.64. The van der Waals surface area contributed by atoms with E-state index in [4.69, 9.17) is 16.0 Å². The zero-order valence-electron chi connectivity index (χ0n) is 11.0. The fourth-order valence-corrected chi connectivity index (χ4v) is 2.91. The van der Waals surface area contributed by atoms with Gasteiger partial charge in [0.05, 0.1) is 17.9 Å². The van der Waals surface area contributed by atoms with Gasteiger partial charge in [0.25, 0.3) is 0 Å². The third-order valence-corrected chi connectivity index (χ3v) is 3.84. The molecule has 0 radical (unpaired) electrons. The van der Waals surface area contributed by atoms with Gasteiger partial charge >= 0.3 is 6.18 Å². The number of furan rings is 1. The molecule has 1 aliphatic rings. The van der Waals surface area contributed by atoms with Crippen molar-refractivity contribution in [3.05, 3.63) is 52.4 Å². The highest BCUT2D eigenvalue weighted by atomic mass is 35.5. The van der Waals surface area contributed by atoms with E-state index >= 15 is 0 Å². The number of hydrogen-bond acceptors (Lipinski definition) is 2. The van der Waals surface area contributed by atoms with Crippen molar-refractivity contribution in [2.24, 2.45) is 0 Å². The topological polar surface area (TPSA) is 25.2 Å². The Kier molecular flexibility index (Phi) is 3.61. The van der Waals surface area contributed by atoms with Crippen LogP contribution < -0.4 is 5.32 Å². The predicted octanol–water partition coefficient (Wildman–Crippen LogP) is 5.44. The fourth-order valence-electron chi connectivity index (χ4n) is 2.67. The van der Waals surface area contributed by atoms with Gasteiger partial charge in [-0.15, -0.1) is 0 Å². The van der Waals surface area contributed by atoms with E-state index in [2.05, 4.69) is 5.32 Å². The Hall–Kier alpha value is -1.62. The lowest BCUT2D eigenvalue weighted by molar-refractivity contribution is -0.137. The average molecular weight is 316 g/mol. The Bertz CT molecular complexity index is 651. The van der Waals surface area contributed by atoms with E-state index in [1.807, 2.05) is 6.07 Å². The molecule has 0 fully saturated rings. The molecule has 1 aliphatic carbocycles. The fraction of sp³-hybridized carbons (Fsp3) is 0.333. The van der Waals surface area contributed by atoms with Crippen LogP contribution in [-0.4, -0.2) is 0 Å². The summed E-state index contributed by atoms with van der Waals surface area (Å²) >= 11 is 5.79. The second kappa shape index (κ2) is 5.30. The molecule has 1 N–H and O–H groups in total. The van der Waals surface area contributed by atoms with E-state index in [-0.39, 0.29) is 11.1 Å². The van der Waals surface area contributed by atoms with Crippen LogP contribution in [0.15, 0.2) is 34.9 Å². The van der Waals surface area contributed by atoms with Gasteiger partial charge in [-0.3, -0.25) is 0 Å². The van der Waals surface area contributed by atoms with E-state index in [1.54, 1.807) is 6.26 Å². The summed E-state index contributed by atoms with van der Waals surface area (Å²) in [5, 5.41) is 3.20. The molecule has 1 heterocycles. The number of benzene rings is 1. The van der Waals surface area contributed by atoms with Crippen LogP contribution in [0.3, 0.4) is 0 Å². The van der Waals surface area contributed by atoms with Gasteiger partial charge in [-0.2, -0.15) is 13.2 Å². The van der Waals surface area contributed by atoms with Crippen molar-refractivity contribution < 1.29 is 17.6 Å². The molecule has 0 saturated carbocycles. The Morgan fingerprint density at radius 3 is 2.81 bits per heavy atom. The number of aryl methyl sites for hydroxylation is 1. The largest absolute Gasteiger partial charge is 0.469 e. The molecule has 0 bridgehead atoms. The first kappa shape index (κ1) is 14.3. The highest BCUT2D eigenvalue weighted by Gasteiger charge is 2.31. The second-order valence-corrected chi connectivity index (χ2v) is 5.55. The summed E-state index contributed by atoms with van der Waals surface area (Å²) < 4.78 is 43.8. The number of hydrogen-bond donors (Lipinski definition) is 1. The standard InChI is InChI=1S/C15H13ClF3NO/c16-10-6-9(15(17,18)19)7-11(8-10)20-13-2-1-3-14-12(13)4-5-21-14/h4-8,13,20H,1-3H2. The highest BCUT2D eigenvalue weighted by Crippen LogP contribution is 2.37. The smallest absolute Gasteiger partial charge is 0.416 e. The first-order chi connectivity index (χ1) is 9.93. The van der Waals surface area contributed by atoms with Crippen LogP contribution in [0.2, 0.25) is 5.02 Å². The zero-order chi connectivity index (χ0) is 15.0. The van der Waals surface area contributed by atoms with Crippen molar-refractivity contribution in [3.8, 4) is 0 Å². The molecule has 1 aromatic heterocycles. The van der Waals surface area contributed by atoms with Gasteiger partial charge in [-0.1, -0.05) is 11.6 Å². The lowest BCUT2D eigenvalue weighted by Crippen LogP contribution is -2.16. The average Bonchev–Trinajstić information content (AvgIpc) is 2.86. The SMILES string of the molecule is FC(F)(F)c1cc(Cl)cc(NC2CCCc3occc32)c1. The summed E-state index contributed by atoms with van der Waals surface area (Å²) in [4.78, 5) is 0. The summed E-state index contributed by atoms with van der Waals surface area (Å²) in [7, 11) is 0. The van der Waals surface area contributed by atoms with Crippen molar-refractivity contribution in [1.82, 2.24) is 0 Å². The minimum Gasteiger partial charge on any atom is -0.469 e. The van der Waals surface area contributed by atoms with Crippen LogP contribution >= 0.6 is 11.6 Å². The predicted molar refractivity (Wildman–Crippen MR) is 74.5 cm³/mol. The quantitative estimate of drug-likeness (QED) is 0.798. The summed E-state index contributed by atoms with van der Waals surface area (Å²) in [6, 6.07) is 5.33. The Morgan fingerprint density at radius 2 is 2.05 bits per heavy atom. The number of anilines is 1. The van der Waals surface area contributed by atoms with Crippen LogP contribution in [0.5, 0.6) is 0 Å². The Labute approximate surface area is 124 Å². The van der Waals surface area contributed by atoms with Crippen molar-refractivity contribution in [1.29, 1.82) is 0 Å². The number of fused-ring (bicyclic) bond motifs is 1. The molecule has 1 atom stereocenters. The van der Waals surface area contributed by atoms with Crippen molar-refractivity contribution >= 4 is 17.3 Å². The van der Waals surface area contributed by atoms with Gasteiger partial charge in [0.1, 0.15) is 5.76 Å². The molecule has 6 heteroatoms. The van der Waals surface area contributed by atoms with Gasteiger partial charge in [0.15, 0.2) is 0 Å². The number of halogens is 4. The monoisotopic (exact) mass is 315 g/mol. The maximum absolute atomic E-state index is 12.8. The van der Waals surface area contributed by atoms with Crippen LogP contribution in [0, 0.1) is 0 Å². The summed E-state index contributed by atoms with van der Waals surface area (Å²) in [5.74, 6) is 0.900. The van der Waals surface area contributed by atoms with Crippen molar-refractivity contribution in [2.75, 3.05) is 5.32 Å². The zero-order valence-corrected chi connectivity index (χ0v) is 11.8. The number of rotatable bonds is 2. The van der Waals surface area contributed by atoms with E-state index in [9.17, 15) is 13.2 Å². The van der Waals surface area contributed by atoms with Crippen LogP contribution in [-0.2, 0) is 12.6 Å². The van der Waals surface area contributed by atoms with Crippen molar-refractivity contribution in [3.63, 3.8) is 0 Å². The van der Waals surface area contributed by atoms with Gasteiger partial charge in [-0.25, -0.2) is 0 Å². The molecule has 0 aliphatic heterocycles. The minimum atomic E-state index is -4.41. The molecule has 1 unspecified atom stereocenters. The molecule has 112 valence electrons. The summed E-state index contributed by atoms with van der Waals surface area (Å²) in [5.41, 5.74) is 0.629. The second-order valence-electron chi connectivity index (χ2n) is 5.11. The first-order valence-corrected chi connectivity index (χ1v) is 7.02. The molecule has 0 spiro atoms. The maximum atomic E-state index is 12.8. The molecule has 1 aromatic carbocycles. The number of nitrogens with one attached hydrogen (secondary N) is 1. The van der Waals surface area contributed by atoms with Crippen molar-refractivity contribution in [2.45, 2.75) is 31.5 Å². The molecule has 0 amide bonds. The minimum absolute atomic E-state index is 0.0490. The Morgan fingerprint density at radius 1 is 1.24 bits per heavy atom. The summed E-state index contributed by atoms with van der Waals surface area (Å²) in [6.07, 6.45) is -0.145. The maximum Gasteiger partial charge on any atom is 0.416 e. The third-order valence-electron chi connectivity index (χ3n) is 3.62. The molecule has 0 saturated heterocycles. The molecular weight excluding hydrogens is 303 g/mol. The van der Waals surface area contributed by atoms with E-state index in [1.165, 1.54) is 6.07 Å². The van der Waals surface area contributed by atoms with Gasteiger partial charge in [0.2, 0.25) is 0 Å². The normalized spacial score (nSPS) is 18.4. The molecule has 21 heavy (non-hydrogen) atoms. The molecule has 2 aromatic rings. The molecular formula is C15H13ClF3NO. The molecule has 2 nitrogen and oxygen atoms in total. The van der Waals surface area contributed by atoms with E-state index in [0.717, 1.165) is 42.7 Å².